The van der Waals surface area contributed by atoms with Crippen molar-refractivity contribution in [3.63, 3.8) is 0 Å². The smallest absolute Gasteiger partial charge is 0.269 e. The van der Waals surface area contributed by atoms with Crippen molar-refractivity contribution < 1.29 is 4.79 Å². The van der Waals surface area contributed by atoms with Gasteiger partial charge < -0.3 is 11.1 Å². The van der Waals surface area contributed by atoms with E-state index in [1.165, 1.54) is 6.07 Å². The Kier molecular flexibility index (Phi) is 3.19. The Morgan fingerprint density at radius 3 is 2.76 bits per heavy atom. The fourth-order valence-electron chi connectivity index (χ4n) is 1.98. The van der Waals surface area contributed by atoms with Crippen molar-refractivity contribution in [2.24, 2.45) is 5.73 Å². The summed E-state index contributed by atoms with van der Waals surface area (Å²) in [4.78, 5) is 10.9. The molecule has 0 saturated heterocycles. The minimum atomic E-state index is -0.606. The molecule has 3 N–H and O–H groups in total. The van der Waals surface area contributed by atoms with Crippen LogP contribution in [0.15, 0.2) is 36.5 Å². The van der Waals surface area contributed by atoms with E-state index in [2.05, 4.69) is 25.7 Å². The van der Waals surface area contributed by atoms with Crippen molar-refractivity contribution >= 4 is 17.4 Å². The number of hydrogen-bond donors (Lipinski definition) is 2. The molecule has 0 saturated carbocycles. The number of anilines is 1. The molecular formula is C13H13N7O. The van der Waals surface area contributed by atoms with Gasteiger partial charge in [0, 0.05) is 6.20 Å². The second kappa shape index (κ2) is 5.16. The van der Waals surface area contributed by atoms with Crippen LogP contribution < -0.4 is 11.1 Å². The molecular weight excluding hydrogens is 270 g/mol. The summed E-state index contributed by atoms with van der Waals surface area (Å²) in [6.45, 7) is 1.94. The fraction of sp³-hybridized carbons (Fsp3) is 0.154. The van der Waals surface area contributed by atoms with Gasteiger partial charge in [-0.05, 0) is 31.2 Å². The number of carbonyl (C=O) groups is 1. The van der Waals surface area contributed by atoms with Crippen molar-refractivity contribution in [1.29, 1.82) is 0 Å². The molecule has 1 unspecified atom stereocenters. The van der Waals surface area contributed by atoms with Gasteiger partial charge in [0.25, 0.3) is 5.91 Å². The Labute approximate surface area is 120 Å². The Hall–Kier alpha value is -3.03. The molecule has 0 aliphatic heterocycles. The Morgan fingerprint density at radius 1 is 1.19 bits per heavy atom. The second-order valence-electron chi connectivity index (χ2n) is 4.52. The SMILES string of the molecule is CC(Nc1ccc(C(N)=O)nn1)c1nnc2ccccn12. The van der Waals surface area contributed by atoms with Crippen LogP contribution in [-0.4, -0.2) is 30.7 Å². The number of carbonyl (C=O) groups excluding carboxylic acids is 1. The zero-order valence-electron chi connectivity index (χ0n) is 11.3. The highest BCUT2D eigenvalue weighted by Gasteiger charge is 2.14. The van der Waals surface area contributed by atoms with Gasteiger partial charge in [0.05, 0.1) is 6.04 Å². The van der Waals surface area contributed by atoms with Crippen molar-refractivity contribution in [3.05, 3.63) is 48.0 Å². The molecule has 0 aliphatic carbocycles. The third-order valence-corrected chi connectivity index (χ3v) is 3.01. The van der Waals surface area contributed by atoms with E-state index in [9.17, 15) is 4.79 Å². The quantitative estimate of drug-likeness (QED) is 0.732. The van der Waals surface area contributed by atoms with Crippen molar-refractivity contribution in [1.82, 2.24) is 24.8 Å². The average molecular weight is 283 g/mol. The highest BCUT2D eigenvalue weighted by atomic mass is 16.1. The Morgan fingerprint density at radius 2 is 2.05 bits per heavy atom. The van der Waals surface area contributed by atoms with Gasteiger partial charge in [0.15, 0.2) is 17.2 Å². The first-order chi connectivity index (χ1) is 10.1. The topological polar surface area (TPSA) is 111 Å². The van der Waals surface area contributed by atoms with Crippen LogP contribution in [0.25, 0.3) is 5.65 Å². The molecule has 8 nitrogen and oxygen atoms in total. The van der Waals surface area contributed by atoms with Crippen LogP contribution in [0.5, 0.6) is 0 Å². The molecule has 1 amide bonds. The summed E-state index contributed by atoms with van der Waals surface area (Å²) in [5, 5.41) is 19.1. The van der Waals surface area contributed by atoms with Crippen molar-refractivity contribution in [2.45, 2.75) is 13.0 Å². The summed E-state index contributed by atoms with van der Waals surface area (Å²) >= 11 is 0. The van der Waals surface area contributed by atoms with Gasteiger partial charge in [0.2, 0.25) is 0 Å². The minimum Gasteiger partial charge on any atom is -0.364 e. The Bertz CT molecular complexity index is 781. The van der Waals surface area contributed by atoms with Crippen LogP contribution in [-0.2, 0) is 0 Å². The largest absolute Gasteiger partial charge is 0.364 e. The van der Waals surface area contributed by atoms with E-state index in [1.807, 2.05) is 35.7 Å². The lowest BCUT2D eigenvalue weighted by Crippen LogP contribution is -2.15. The van der Waals surface area contributed by atoms with E-state index >= 15 is 0 Å². The summed E-state index contributed by atoms with van der Waals surface area (Å²) in [5.74, 6) is 0.678. The third-order valence-electron chi connectivity index (χ3n) is 3.01. The second-order valence-corrected chi connectivity index (χ2v) is 4.52. The predicted molar refractivity (Wildman–Crippen MR) is 75.6 cm³/mol. The number of nitrogens with zero attached hydrogens (tertiary/aromatic N) is 5. The number of amides is 1. The molecule has 0 spiro atoms. The molecule has 0 aliphatic rings. The van der Waals surface area contributed by atoms with Crippen LogP contribution in [0.2, 0.25) is 0 Å². The zero-order chi connectivity index (χ0) is 14.8. The van der Waals surface area contributed by atoms with Gasteiger partial charge >= 0.3 is 0 Å². The van der Waals surface area contributed by atoms with Crippen LogP contribution in [0, 0.1) is 0 Å². The molecule has 106 valence electrons. The van der Waals surface area contributed by atoms with E-state index in [4.69, 9.17) is 5.73 Å². The van der Waals surface area contributed by atoms with Gasteiger partial charge in [0.1, 0.15) is 5.82 Å². The van der Waals surface area contributed by atoms with E-state index in [0.29, 0.717) is 5.82 Å². The Balaban J connectivity index is 1.82. The first-order valence-corrected chi connectivity index (χ1v) is 6.35. The number of primary amides is 1. The highest BCUT2D eigenvalue weighted by molar-refractivity contribution is 5.90. The molecule has 0 aromatic carbocycles. The predicted octanol–water partition coefficient (Wildman–Crippen LogP) is 0.791. The lowest BCUT2D eigenvalue weighted by Gasteiger charge is -2.12. The molecule has 3 aromatic heterocycles. The number of nitrogens with one attached hydrogen (secondary N) is 1. The number of rotatable bonds is 4. The zero-order valence-corrected chi connectivity index (χ0v) is 11.3. The minimum absolute atomic E-state index is 0.126. The first-order valence-electron chi connectivity index (χ1n) is 6.35. The normalized spacial score (nSPS) is 12.2. The number of hydrogen-bond acceptors (Lipinski definition) is 6. The molecule has 8 heteroatoms. The van der Waals surface area contributed by atoms with Gasteiger partial charge in [-0.25, -0.2) is 0 Å². The van der Waals surface area contributed by atoms with E-state index < -0.39 is 5.91 Å². The van der Waals surface area contributed by atoms with Gasteiger partial charge in [-0.1, -0.05) is 6.07 Å². The number of aromatic nitrogens is 5. The molecule has 21 heavy (non-hydrogen) atoms. The van der Waals surface area contributed by atoms with Crippen LogP contribution >= 0.6 is 0 Å². The molecule has 3 rings (SSSR count). The summed E-state index contributed by atoms with van der Waals surface area (Å²) in [6, 6.07) is 8.73. The van der Waals surface area contributed by atoms with Gasteiger partial charge in [-0.15, -0.1) is 20.4 Å². The van der Waals surface area contributed by atoms with Crippen LogP contribution in [0.3, 0.4) is 0 Å². The molecule has 0 radical (unpaired) electrons. The van der Waals surface area contributed by atoms with E-state index in [1.54, 1.807) is 6.07 Å². The lowest BCUT2D eigenvalue weighted by molar-refractivity contribution is 0.0994. The summed E-state index contributed by atoms with van der Waals surface area (Å²) in [6.07, 6.45) is 1.89. The average Bonchev–Trinajstić information content (AvgIpc) is 2.92. The highest BCUT2D eigenvalue weighted by Crippen LogP contribution is 2.16. The van der Waals surface area contributed by atoms with Gasteiger partial charge in [-0.2, -0.15) is 0 Å². The first kappa shape index (κ1) is 13.0. The summed E-state index contributed by atoms with van der Waals surface area (Å²) in [5.41, 5.74) is 6.02. The van der Waals surface area contributed by atoms with E-state index in [0.717, 1.165) is 11.5 Å². The fourth-order valence-corrected chi connectivity index (χ4v) is 1.98. The lowest BCUT2D eigenvalue weighted by atomic mass is 10.3. The molecule has 0 fully saturated rings. The summed E-state index contributed by atoms with van der Waals surface area (Å²) < 4.78 is 1.89. The number of fused-ring (bicyclic) bond motifs is 1. The number of pyridine rings is 1. The monoisotopic (exact) mass is 283 g/mol. The maximum Gasteiger partial charge on any atom is 0.269 e. The molecule has 1 atom stereocenters. The van der Waals surface area contributed by atoms with E-state index in [-0.39, 0.29) is 11.7 Å². The van der Waals surface area contributed by atoms with Crippen LogP contribution in [0.1, 0.15) is 29.3 Å². The standard InChI is InChI=1S/C13H13N7O/c1-8(13-19-18-11-4-2-3-7-20(11)13)15-10-6-5-9(12(14)21)16-17-10/h2-8H,1H3,(H2,14,21)(H,15,17). The molecule has 3 heterocycles. The van der Waals surface area contributed by atoms with Crippen molar-refractivity contribution in [3.8, 4) is 0 Å². The molecule has 3 aromatic rings. The van der Waals surface area contributed by atoms with Gasteiger partial charge in [-0.3, -0.25) is 9.20 Å². The molecule has 0 bridgehead atoms. The van der Waals surface area contributed by atoms with Crippen molar-refractivity contribution in [2.75, 3.05) is 5.32 Å². The summed E-state index contributed by atoms with van der Waals surface area (Å²) in [7, 11) is 0. The maximum atomic E-state index is 10.9. The number of nitrogens with two attached hydrogens (primary N) is 1. The maximum absolute atomic E-state index is 10.9. The van der Waals surface area contributed by atoms with Crippen LogP contribution in [0.4, 0.5) is 5.82 Å². The third kappa shape index (κ3) is 2.50.